The van der Waals surface area contributed by atoms with Crippen molar-refractivity contribution in [2.75, 3.05) is 19.6 Å². The highest BCUT2D eigenvalue weighted by molar-refractivity contribution is 5.09. The molecule has 0 aromatic carbocycles. The zero-order valence-electron chi connectivity index (χ0n) is 11.5. The van der Waals surface area contributed by atoms with Gasteiger partial charge in [0.2, 0.25) is 0 Å². The minimum Gasteiger partial charge on any atom is -0.301 e. The zero-order chi connectivity index (χ0) is 13.4. The van der Waals surface area contributed by atoms with Gasteiger partial charge in [0.05, 0.1) is 12.1 Å². The molecular weight excluding hydrogens is 222 g/mol. The average molecular weight is 245 g/mol. The van der Waals surface area contributed by atoms with Crippen LogP contribution in [-0.4, -0.2) is 24.5 Å². The first-order chi connectivity index (χ1) is 8.69. The Morgan fingerprint density at radius 1 is 1.28 bits per heavy atom. The third kappa shape index (κ3) is 4.51. The van der Waals surface area contributed by atoms with E-state index >= 15 is 0 Å². The van der Waals surface area contributed by atoms with Crippen molar-refractivity contribution in [1.29, 1.82) is 10.5 Å². The predicted octanol–water partition coefficient (Wildman–Crippen LogP) is 3.11. The van der Waals surface area contributed by atoms with Gasteiger partial charge in [0, 0.05) is 32.5 Å². The summed E-state index contributed by atoms with van der Waals surface area (Å²) in [5, 5.41) is 17.4. The molecule has 0 aromatic heterocycles. The van der Waals surface area contributed by atoms with Gasteiger partial charge in [-0.3, -0.25) is 0 Å². The number of allylic oxidation sites excluding steroid dienone is 1. The highest BCUT2D eigenvalue weighted by Crippen LogP contribution is 2.30. The Balaban J connectivity index is 2.58. The number of hydrogen-bond donors (Lipinski definition) is 0. The van der Waals surface area contributed by atoms with Crippen LogP contribution in [0.3, 0.4) is 0 Å². The van der Waals surface area contributed by atoms with Gasteiger partial charge in [-0.2, -0.15) is 10.5 Å². The van der Waals surface area contributed by atoms with Gasteiger partial charge >= 0.3 is 0 Å². The van der Waals surface area contributed by atoms with Gasteiger partial charge in [-0.05, 0) is 31.6 Å². The molecule has 1 rings (SSSR count). The average Bonchev–Trinajstić information content (AvgIpc) is 2.36. The van der Waals surface area contributed by atoms with Crippen LogP contribution in [0.2, 0.25) is 0 Å². The van der Waals surface area contributed by atoms with Crippen molar-refractivity contribution in [3.05, 3.63) is 11.6 Å². The van der Waals surface area contributed by atoms with E-state index < -0.39 is 0 Å². The number of rotatable bonds is 6. The molecule has 2 unspecified atom stereocenters. The summed E-state index contributed by atoms with van der Waals surface area (Å²) in [7, 11) is 0. The summed E-state index contributed by atoms with van der Waals surface area (Å²) >= 11 is 0. The first-order valence-corrected chi connectivity index (χ1v) is 6.82. The summed E-state index contributed by atoms with van der Waals surface area (Å²) in [4.78, 5) is 2.27. The molecule has 0 saturated heterocycles. The van der Waals surface area contributed by atoms with Crippen LogP contribution in [0.1, 0.15) is 39.5 Å². The fourth-order valence-electron chi connectivity index (χ4n) is 2.69. The topological polar surface area (TPSA) is 50.8 Å². The fraction of sp³-hybridized carbons (Fsp3) is 0.733. The monoisotopic (exact) mass is 245 g/mol. The molecule has 0 fully saturated rings. The molecule has 0 bridgehead atoms. The third-order valence-corrected chi connectivity index (χ3v) is 3.89. The van der Waals surface area contributed by atoms with E-state index in [-0.39, 0.29) is 0 Å². The van der Waals surface area contributed by atoms with Crippen LogP contribution < -0.4 is 0 Å². The van der Waals surface area contributed by atoms with Crippen LogP contribution in [0.15, 0.2) is 11.6 Å². The Hall–Kier alpha value is -1.32. The molecule has 0 heterocycles. The van der Waals surface area contributed by atoms with Crippen LogP contribution in [-0.2, 0) is 0 Å². The predicted molar refractivity (Wildman–Crippen MR) is 72.5 cm³/mol. The van der Waals surface area contributed by atoms with E-state index in [0.29, 0.717) is 24.7 Å². The smallest absolute Gasteiger partial charge is 0.0635 e. The highest BCUT2D eigenvalue weighted by atomic mass is 15.1. The summed E-state index contributed by atoms with van der Waals surface area (Å²) in [5.74, 6) is 1.30. The quantitative estimate of drug-likeness (QED) is 0.676. The van der Waals surface area contributed by atoms with Crippen molar-refractivity contribution in [2.45, 2.75) is 39.5 Å². The van der Waals surface area contributed by atoms with Crippen molar-refractivity contribution in [1.82, 2.24) is 4.90 Å². The van der Waals surface area contributed by atoms with E-state index in [1.165, 1.54) is 18.4 Å². The summed E-state index contributed by atoms with van der Waals surface area (Å²) in [6.45, 7) is 7.09. The normalized spacial score (nSPS) is 23.3. The van der Waals surface area contributed by atoms with Gasteiger partial charge in [0.15, 0.2) is 0 Å². The molecule has 98 valence electrons. The summed E-state index contributed by atoms with van der Waals surface area (Å²) < 4.78 is 0. The first-order valence-electron chi connectivity index (χ1n) is 6.82. The second-order valence-electron chi connectivity index (χ2n) is 5.23. The van der Waals surface area contributed by atoms with E-state index in [2.05, 4.69) is 37.0 Å². The Labute approximate surface area is 111 Å². The largest absolute Gasteiger partial charge is 0.301 e. The zero-order valence-corrected chi connectivity index (χ0v) is 11.5. The molecule has 2 atom stereocenters. The molecule has 0 aliphatic heterocycles. The summed E-state index contributed by atoms with van der Waals surface area (Å²) in [5.41, 5.74) is 1.48. The molecular formula is C15H23N3. The molecule has 0 spiro atoms. The van der Waals surface area contributed by atoms with Crippen molar-refractivity contribution in [3.8, 4) is 12.1 Å². The lowest BCUT2D eigenvalue weighted by Crippen LogP contribution is -2.35. The van der Waals surface area contributed by atoms with E-state index in [1.807, 2.05) is 0 Å². The molecule has 0 N–H and O–H groups in total. The molecule has 0 saturated carbocycles. The minimum absolute atomic E-state index is 0.551. The van der Waals surface area contributed by atoms with E-state index in [4.69, 9.17) is 10.5 Å². The molecule has 1 aliphatic rings. The van der Waals surface area contributed by atoms with Gasteiger partial charge < -0.3 is 4.90 Å². The highest BCUT2D eigenvalue weighted by Gasteiger charge is 2.24. The fourth-order valence-corrected chi connectivity index (χ4v) is 2.69. The van der Waals surface area contributed by atoms with Crippen LogP contribution in [0.4, 0.5) is 0 Å². The van der Waals surface area contributed by atoms with Gasteiger partial charge in [0.1, 0.15) is 0 Å². The van der Waals surface area contributed by atoms with E-state index in [9.17, 15) is 0 Å². The van der Waals surface area contributed by atoms with Crippen LogP contribution >= 0.6 is 0 Å². The molecule has 0 radical (unpaired) electrons. The lowest BCUT2D eigenvalue weighted by atomic mass is 9.80. The Morgan fingerprint density at radius 3 is 2.39 bits per heavy atom. The molecule has 0 aromatic rings. The Bertz CT molecular complexity index is 341. The summed E-state index contributed by atoms with van der Waals surface area (Å²) in [6, 6.07) is 4.39. The second kappa shape index (κ2) is 7.90. The molecule has 0 amide bonds. The van der Waals surface area contributed by atoms with Crippen molar-refractivity contribution < 1.29 is 0 Å². The van der Waals surface area contributed by atoms with E-state index in [0.717, 1.165) is 19.6 Å². The number of hydrogen-bond acceptors (Lipinski definition) is 3. The molecule has 3 nitrogen and oxygen atoms in total. The molecule has 1 aliphatic carbocycles. The maximum absolute atomic E-state index is 8.70. The standard InChI is InChI=1S/C15H23N3/c1-13-6-3-7-14(2)15(13)12-18(10-4-8-16)11-5-9-17/h6,14-15H,3-5,7,10-12H2,1-2H3. The molecule has 3 heteroatoms. The minimum atomic E-state index is 0.551. The van der Waals surface area contributed by atoms with Crippen LogP contribution in [0, 0.1) is 34.5 Å². The van der Waals surface area contributed by atoms with Crippen molar-refractivity contribution >= 4 is 0 Å². The maximum atomic E-state index is 8.70. The third-order valence-electron chi connectivity index (χ3n) is 3.89. The Kier molecular flexibility index (Phi) is 6.47. The van der Waals surface area contributed by atoms with Gasteiger partial charge in [0.25, 0.3) is 0 Å². The van der Waals surface area contributed by atoms with Gasteiger partial charge in [-0.15, -0.1) is 0 Å². The van der Waals surface area contributed by atoms with Crippen LogP contribution in [0.25, 0.3) is 0 Å². The lowest BCUT2D eigenvalue weighted by Gasteiger charge is -2.33. The maximum Gasteiger partial charge on any atom is 0.0635 e. The van der Waals surface area contributed by atoms with E-state index in [1.54, 1.807) is 0 Å². The number of nitrogens with zero attached hydrogens (tertiary/aromatic N) is 3. The van der Waals surface area contributed by atoms with Crippen molar-refractivity contribution in [3.63, 3.8) is 0 Å². The van der Waals surface area contributed by atoms with Crippen molar-refractivity contribution in [2.24, 2.45) is 11.8 Å². The Morgan fingerprint density at radius 2 is 1.89 bits per heavy atom. The summed E-state index contributed by atoms with van der Waals surface area (Å²) in [6.07, 6.45) is 5.90. The number of nitriles is 2. The SMILES string of the molecule is CC1=CCCC(C)C1CN(CCC#N)CCC#N. The van der Waals surface area contributed by atoms with Gasteiger partial charge in [-0.1, -0.05) is 18.6 Å². The second-order valence-corrected chi connectivity index (χ2v) is 5.23. The van der Waals surface area contributed by atoms with Gasteiger partial charge in [-0.25, -0.2) is 0 Å². The first kappa shape index (κ1) is 14.7. The molecule has 18 heavy (non-hydrogen) atoms. The van der Waals surface area contributed by atoms with Crippen LogP contribution in [0.5, 0.6) is 0 Å². The lowest BCUT2D eigenvalue weighted by molar-refractivity contribution is 0.212.